The lowest BCUT2D eigenvalue weighted by Gasteiger charge is -2.29. The lowest BCUT2D eigenvalue weighted by atomic mass is 9.96. The number of carbonyl (C=O) groups is 14. The van der Waals surface area contributed by atoms with Crippen LogP contribution >= 0.6 is 0 Å². The molecule has 0 unspecified atom stereocenters. The van der Waals surface area contributed by atoms with Gasteiger partial charge in [0.15, 0.2) is 6.04 Å². The van der Waals surface area contributed by atoms with Gasteiger partial charge in [-0.15, -0.1) is 0 Å². The number of nitrogens with two attached hydrogens (primary N) is 1. The van der Waals surface area contributed by atoms with E-state index in [0.29, 0.717) is 23.1 Å². The molecule has 0 aliphatic rings. The molecule has 13 amide bonds. The Hall–Kier alpha value is -11.4. The van der Waals surface area contributed by atoms with Gasteiger partial charge in [0.25, 0.3) is 0 Å². The van der Waals surface area contributed by atoms with Crippen LogP contribution < -0.4 is 74.9 Å². The quantitative estimate of drug-likeness (QED) is 0.0238. The molecule has 0 aliphatic carbocycles. The summed E-state index contributed by atoms with van der Waals surface area (Å²) in [5, 5.41) is 85.1. The van der Waals surface area contributed by atoms with Gasteiger partial charge in [0.1, 0.15) is 72.2 Å². The van der Waals surface area contributed by atoms with E-state index < -0.39 is 199 Å². The minimum Gasteiger partial charge on any atom is -0.508 e. The maximum absolute atomic E-state index is 14.8. The Morgan fingerprint density at radius 1 is 0.397 bits per heavy atom. The number of H-pyrrole nitrogens is 1. The third kappa shape index (κ3) is 30.8. The second-order valence-corrected chi connectivity index (χ2v) is 30.8. The maximum atomic E-state index is 14.8. The van der Waals surface area contributed by atoms with Crippen LogP contribution in [0, 0.1) is 29.6 Å². The van der Waals surface area contributed by atoms with Crippen molar-refractivity contribution in [3.05, 3.63) is 138 Å². The molecule has 1 heterocycles. The number of carbonyl (C=O) groups excluding carboxylic acids is 13. The molecule has 0 spiro atoms. The molecule has 0 saturated heterocycles. The van der Waals surface area contributed by atoms with Crippen molar-refractivity contribution < 1.29 is 92.7 Å². The number of hydrogen-bond acceptors (Lipinski definition) is 19. The van der Waals surface area contributed by atoms with Gasteiger partial charge in [-0.3, -0.25) is 62.3 Å². The van der Waals surface area contributed by atoms with Crippen molar-refractivity contribution in [2.45, 2.75) is 219 Å². The highest BCUT2D eigenvalue weighted by Crippen LogP contribution is 2.21. The van der Waals surface area contributed by atoms with E-state index in [0.717, 1.165) is 23.4 Å². The van der Waals surface area contributed by atoms with Crippen LogP contribution in [0.1, 0.15) is 131 Å². The number of aliphatic hydroxyl groups excluding tert-OH is 3. The zero-order valence-corrected chi connectivity index (χ0v) is 67.7. The lowest BCUT2D eigenvalue weighted by Crippen LogP contribution is -2.61. The second kappa shape index (κ2) is 46.9. The Morgan fingerprint density at radius 2 is 0.776 bits per heavy atom. The zero-order chi connectivity index (χ0) is 86.2. The first-order valence-corrected chi connectivity index (χ1v) is 39.0. The summed E-state index contributed by atoms with van der Waals surface area (Å²) in [6.45, 7) is 17.0. The highest BCUT2D eigenvalue weighted by molar-refractivity contribution is 6.00. The lowest BCUT2D eigenvalue weighted by molar-refractivity contribution is -0.145. The summed E-state index contributed by atoms with van der Waals surface area (Å²) >= 11 is 0. The Kier molecular flexibility index (Phi) is 38.5. The highest BCUT2D eigenvalue weighted by Gasteiger charge is 2.39. The summed E-state index contributed by atoms with van der Waals surface area (Å²) < 4.78 is 0. The fourth-order valence-electron chi connectivity index (χ4n) is 12.5. The van der Waals surface area contributed by atoms with Crippen LogP contribution in [0.2, 0.25) is 0 Å². The molecule has 34 nitrogen and oxygen atoms in total. The Labute approximate surface area is 675 Å². The zero-order valence-electron chi connectivity index (χ0n) is 67.7. The number of carboxylic acids is 1. The van der Waals surface area contributed by atoms with E-state index >= 15 is 0 Å². The third-order valence-corrected chi connectivity index (χ3v) is 19.2. The van der Waals surface area contributed by atoms with Gasteiger partial charge in [-0.05, 0) is 110 Å². The minimum atomic E-state index is -1.83. The van der Waals surface area contributed by atoms with Crippen LogP contribution in [0.5, 0.6) is 5.75 Å². The van der Waals surface area contributed by atoms with Crippen LogP contribution in [0.25, 0.3) is 10.9 Å². The van der Waals surface area contributed by atoms with Gasteiger partial charge in [0.2, 0.25) is 76.8 Å². The van der Waals surface area contributed by atoms with Crippen molar-refractivity contribution in [1.29, 1.82) is 0 Å². The maximum Gasteiger partial charge on any atom is 0.328 e. The Bertz CT molecular complexity index is 4120. The molecule has 0 fully saturated rings. The van der Waals surface area contributed by atoms with E-state index in [1.807, 2.05) is 45.0 Å². The molecule has 634 valence electrons. The first kappa shape index (κ1) is 95.2. The fraction of sp³-hybridized carbons (Fsp3) is 0.512. The topological polar surface area (TPSA) is 538 Å². The number of para-hydroxylation sites is 1. The molecular formula is C82H117N15O19. The molecular weight excluding hydrogens is 1500 g/mol. The summed E-state index contributed by atoms with van der Waals surface area (Å²) in [7, 11) is 0. The SMILES string of the molecule is CC[C@H](C)[C@H](NC(=O)[C@@H](N)Cc1c[nH]c2ccccc12)C(=O)N[C@@H](CC(C)C)C(=O)N[C@@H](C)C(=O)N[C@H](C(=O)N[C@@H](CO)C(=O)NCC(=O)N[C@@H](CC(C)C)C(=O)N[C@@H](Cc1ccccc1)C(=O)N[C@@H](Cc1ccc(O)cc1)C(=O)N[C@@H](CO)C(=O)N[C@@H](Cc1ccccc1)C(=O)N[C@@H](CC(C)C)C(=O)N[C@H](C(=O)O)[C@@H](C)O)C(C)C. The molecule has 0 aliphatic heterocycles. The largest absolute Gasteiger partial charge is 0.508 e. The predicted molar refractivity (Wildman–Crippen MR) is 430 cm³/mol. The molecule has 15 atom stereocenters. The van der Waals surface area contributed by atoms with Crippen LogP contribution in [-0.2, 0) is 92.8 Å². The average Bonchev–Trinajstić information content (AvgIpc) is 1.65. The van der Waals surface area contributed by atoms with Gasteiger partial charge < -0.3 is 105 Å². The molecule has 0 radical (unpaired) electrons. The standard InChI is InChI=1S/C82H117N15O19/c1-13-47(10)68(96-71(104)56(83)38-53-39-84-57-27-21-20-26-55(53)57)81(114)92-59(33-44(4)5)73(106)86-48(11)70(103)95-67(46(8)9)80(113)94-64(41-98)72(105)85-40-66(102)87-58(32-43(2)3)74(107)89-61(35-50-22-16-14-17-23-50)76(109)90-63(37-52-28-30-54(101)31-29-52)77(110)93-65(42-99)79(112)91-62(36-51-24-18-15-19-25-51)75(108)88-60(34-45(6)7)78(111)97-69(49(12)100)82(115)116/h14-31,39,43-49,56,58-65,67-69,84,98-101H,13,32-38,40-42,83H2,1-12H3,(H,85,105)(H,86,106)(H,87,102)(H,88,108)(H,89,107)(H,90,109)(H,91,112)(H,92,114)(H,93,110)(H,94,113)(H,95,103)(H,96,104)(H,97,111)(H,115,116)/t47-,48-,49+,56-,58-,59-,60-,61-,62-,63-,64-,65-,67-,68-,69-/m0/s1. The number of aromatic nitrogens is 1. The van der Waals surface area contributed by atoms with Crippen molar-refractivity contribution in [3.63, 3.8) is 0 Å². The minimum absolute atomic E-state index is 0.0152. The third-order valence-electron chi connectivity index (χ3n) is 19.2. The van der Waals surface area contributed by atoms with E-state index in [1.54, 1.807) is 115 Å². The number of fused-ring (bicyclic) bond motifs is 1. The molecule has 5 rings (SSSR count). The van der Waals surface area contributed by atoms with E-state index in [4.69, 9.17) is 5.73 Å². The molecule has 5 aromatic rings. The Morgan fingerprint density at radius 3 is 1.24 bits per heavy atom. The van der Waals surface area contributed by atoms with E-state index in [1.165, 1.54) is 31.2 Å². The monoisotopic (exact) mass is 1620 g/mol. The molecule has 0 bridgehead atoms. The predicted octanol–water partition coefficient (Wildman–Crippen LogP) is -0.285. The number of benzene rings is 4. The van der Waals surface area contributed by atoms with Crippen molar-refractivity contribution in [1.82, 2.24) is 74.1 Å². The van der Waals surface area contributed by atoms with Crippen molar-refractivity contribution in [2.75, 3.05) is 19.8 Å². The normalized spacial score (nSPS) is 15.3. The summed E-state index contributed by atoms with van der Waals surface area (Å²) in [5.74, 6) is -15.1. The van der Waals surface area contributed by atoms with E-state index in [2.05, 4.69) is 74.1 Å². The Balaban J connectivity index is 1.26. The first-order chi connectivity index (χ1) is 54.8. The van der Waals surface area contributed by atoms with Crippen LogP contribution in [-0.4, -0.2) is 218 Å². The number of phenolic OH excluding ortho intramolecular Hbond substituents is 1. The number of rotatable bonds is 47. The van der Waals surface area contributed by atoms with Gasteiger partial charge in [0.05, 0.1) is 31.9 Å². The molecule has 1 aromatic heterocycles. The summed E-state index contributed by atoms with van der Waals surface area (Å²) in [4.78, 5) is 198. The molecule has 4 aromatic carbocycles. The number of aromatic hydroxyl groups is 1. The van der Waals surface area contributed by atoms with Crippen molar-refractivity contribution in [2.24, 2.45) is 35.3 Å². The van der Waals surface area contributed by atoms with Crippen LogP contribution in [0.3, 0.4) is 0 Å². The number of carboxylic acid groups (broad SMARTS) is 1. The average molecular weight is 1620 g/mol. The van der Waals surface area contributed by atoms with Gasteiger partial charge in [0, 0.05) is 36.4 Å². The number of aromatic amines is 1. The number of hydrogen-bond donors (Lipinski definition) is 20. The van der Waals surface area contributed by atoms with E-state index in [-0.39, 0.29) is 68.4 Å². The van der Waals surface area contributed by atoms with Gasteiger partial charge in [-0.25, -0.2) is 4.79 Å². The van der Waals surface area contributed by atoms with Crippen LogP contribution in [0.4, 0.5) is 0 Å². The molecule has 116 heavy (non-hydrogen) atoms. The fourth-order valence-corrected chi connectivity index (χ4v) is 12.5. The summed E-state index contributed by atoms with van der Waals surface area (Å²) in [6, 6.07) is 11.0. The van der Waals surface area contributed by atoms with Gasteiger partial charge in [-0.2, -0.15) is 0 Å². The number of nitrogens with one attached hydrogen (secondary N) is 14. The van der Waals surface area contributed by atoms with Crippen molar-refractivity contribution >= 4 is 93.7 Å². The van der Waals surface area contributed by atoms with Crippen molar-refractivity contribution in [3.8, 4) is 5.75 Å². The molecule has 34 heteroatoms. The number of amides is 13. The summed E-state index contributed by atoms with van der Waals surface area (Å²) in [6.07, 6.45) is 0.215. The highest BCUT2D eigenvalue weighted by atomic mass is 16.4. The van der Waals surface area contributed by atoms with Crippen LogP contribution in [0.15, 0.2) is 115 Å². The number of phenols is 1. The van der Waals surface area contributed by atoms with Gasteiger partial charge in [-0.1, -0.05) is 167 Å². The smallest absolute Gasteiger partial charge is 0.328 e. The molecule has 21 N–H and O–H groups in total. The van der Waals surface area contributed by atoms with E-state index in [9.17, 15) is 92.7 Å². The van der Waals surface area contributed by atoms with Gasteiger partial charge >= 0.3 is 5.97 Å². The second-order valence-electron chi connectivity index (χ2n) is 30.8. The number of aliphatic carboxylic acids is 1. The molecule has 0 saturated carbocycles. The summed E-state index contributed by atoms with van der Waals surface area (Å²) in [5.41, 5.74) is 9.48. The number of aliphatic hydroxyl groups is 3. The first-order valence-electron chi connectivity index (χ1n) is 39.0.